The van der Waals surface area contributed by atoms with Gasteiger partial charge in [-0.15, -0.1) is 0 Å². The molecule has 22 heavy (non-hydrogen) atoms. The molecule has 0 spiro atoms. The summed E-state index contributed by atoms with van der Waals surface area (Å²) in [6, 6.07) is 17.9. The standard InChI is InChI=1S/C18H17NO2S/c1-20-16-7-9-17(10-8-16)22-13-14-11-12-21-18(14)19-15-5-3-2-4-6-15/h2-10,13H,11-12H2,1H3/b14-13+,19-18?. The quantitative estimate of drug-likeness (QED) is 0.758. The molecule has 0 saturated carbocycles. The predicted molar refractivity (Wildman–Crippen MR) is 91.0 cm³/mol. The highest BCUT2D eigenvalue weighted by Crippen LogP contribution is 2.27. The van der Waals surface area contributed by atoms with E-state index in [2.05, 4.69) is 10.4 Å². The Hall–Kier alpha value is -2.20. The van der Waals surface area contributed by atoms with Gasteiger partial charge in [-0.25, -0.2) is 4.99 Å². The lowest BCUT2D eigenvalue weighted by Gasteiger charge is -2.02. The van der Waals surface area contributed by atoms with Crippen molar-refractivity contribution in [3.63, 3.8) is 0 Å². The van der Waals surface area contributed by atoms with Crippen molar-refractivity contribution >= 4 is 23.3 Å². The summed E-state index contributed by atoms with van der Waals surface area (Å²) in [7, 11) is 1.67. The fraction of sp³-hybridized carbons (Fsp3) is 0.167. The Morgan fingerprint density at radius 1 is 1.09 bits per heavy atom. The van der Waals surface area contributed by atoms with E-state index in [4.69, 9.17) is 9.47 Å². The van der Waals surface area contributed by atoms with Gasteiger partial charge >= 0.3 is 0 Å². The second-order valence-electron chi connectivity index (χ2n) is 4.79. The second-order valence-corrected chi connectivity index (χ2v) is 5.73. The molecular formula is C18H17NO2S. The van der Waals surface area contributed by atoms with Crippen molar-refractivity contribution in [2.45, 2.75) is 11.3 Å². The number of nitrogens with zero attached hydrogens (tertiary/aromatic N) is 1. The van der Waals surface area contributed by atoms with Gasteiger partial charge in [0, 0.05) is 16.9 Å². The zero-order chi connectivity index (χ0) is 15.2. The van der Waals surface area contributed by atoms with Gasteiger partial charge in [-0.1, -0.05) is 30.0 Å². The summed E-state index contributed by atoms with van der Waals surface area (Å²) in [6.45, 7) is 0.695. The highest BCUT2D eigenvalue weighted by molar-refractivity contribution is 8.02. The first-order valence-corrected chi connectivity index (χ1v) is 8.00. The van der Waals surface area contributed by atoms with Crippen LogP contribution in [0.5, 0.6) is 5.75 Å². The number of thioether (sulfide) groups is 1. The number of para-hydroxylation sites is 1. The smallest absolute Gasteiger partial charge is 0.217 e. The van der Waals surface area contributed by atoms with Crippen LogP contribution in [0.4, 0.5) is 5.69 Å². The molecule has 1 fully saturated rings. The molecule has 4 heteroatoms. The molecule has 0 radical (unpaired) electrons. The minimum atomic E-state index is 0.695. The number of hydrogen-bond acceptors (Lipinski definition) is 4. The van der Waals surface area contributed by atoms with Crippen molar-refractivity contribution in [1.29, 1.82) is 0 Å². The van der Waals surface area contributed by atoms with E-state index in [1.165, 1.54) is 4.90 Å². The molecule has 1 heterocycles. The van der Waals surface area contributed by atoms with E-state index in [0.29, 0.717) is 6.61 Å². The molecule has 1 aliphatic heterocycles. The van der Waals surface area contributed by atoms with Gasteiger partial charge in [0.15, 0.2) is 0 Å². The molecule has 0 atom stereocenters. The third-order valence-corrected chi connectivity index (χ3v) is 4.22. The average Bonchev–Trinajstić information content (AvgIpc) is 3.01. The molecule has 1 aliphatic rings. The Labute approximate surface area is 134 Å². The Morgan fingerprint density at radius 3 is 2.59 bits per heavy atom. The first kappa shape index (κ1) is 14.7. The number of benzene rings is 2. The van der Waals surface area contributed by atoms with E-state index in [1.807, 2.05) is 54.6 Å². The highest BCUT2D eigenvalue weighted by Gasteiger charge is 2.16. The van der Waals surface area contributed by atoms with Crippen LogP contribution >= 0.6 is 11.8 Å². The van der Waals surface area contributed by atoms with Crippen LogP contribution in [0.1, 0.15) is 6.42 Å². The molecule has 0 aliphatic carbocycles. The summed E-state index contributed by atoms with van der Waals surface area (Å²) >= 11 is 1.67. The van der Waals surface area contributed by atoms with Crippen molar-refractivity contribution in [3.8, 4) is 5.75 Å². The SMILES string of the molecule is COc1ccc(S/C=C2\CCOC2=Nc2ccccc2)cc1. The molecule has 3 nitrogen and oxygen atoms in total. The van der Waals surface area contributed by atoms with Crippen molar-refractivity contribution in [2.24, 2.45) is 4.99 Å². The summed E-state index contributed by atoms with van der Waals surface area (Å²) in [5.41, 5.74) is 2.06. The molecule has 2 aromatic carbocycles. The Morgan fingerprint density at radius 2 is 1.86 bits per heavy atom. The molecule has 2 aromatic rings. The molecule has 112 valence electrons. The Bertz CT molecular complexity index is 678. The molecule has 0 amide bonds. The maximum Gasteiger partial charge on any atom is 0.217 e. The average molecular weight is 311 g/mol. The van der Waals surface area contributed by atoms with Crippen molar-refractivity contribution in [2.75, 3.05) is 13.7 Å². The van der Waals surface area contributed by atoms with E-state index in [-0.39, 0.29) is 0 Å². The van der Waals surface area contributed by atoms with Crippen LogP contribution in [0.2, 0.25) is 0 Å². The fourth-order valence-corrected chi connectivity index (χ4v) is 2.87. The number of rotatable bonds is 4. The first-order chi connectivity index (χ1) is 10.8. The normalized spacial score (nSPS) is 17.7. The maximum atomic E-state index is 5.64. The molecule has 0 N–H and O–H groups in total. The van der Waals surface area contributed by atoms with E-state index >= 15 is 0 Å². The van der Waals surface area contributed by atoms with Crippen molar-refractivity contribution < 1.29 is 9.47 Å². The van der Waals surface area contributed by atoms with Crippen LogP contribution in [0.25, 0.3) is 0 Å². The minimum absolute atomic E-state index is 0.695. The number of hydrogen-bond donors (Lipinski definition) is 0. The molecule has 0 aromatic heterocycles. The van der Waals surface area contributed by atoms with Gasteiger partial charge in [0.05, 0.1) is 19.4 Å². The Kier molecular flexibility index (Phi) is 4.81. The largest absolute Gasteiger partial charge is 0.497 e. The molecule has 3 rings (SSSR count). The number of ether oxygens (including phenoxy) is 2. The number of aliphatic imine (C=N–C) groups is 1. The third-order valence-electron chi connectivity index (χ3n) is 3.27. The summed E-state index contributed by atoms with van der Waals surface area (Å²) in [5.74, 6) is 1.60. The van der Waals surface area contributed by atoms with Gasteiger partial charge in [0.1, 0.15) is 5.75 Å². The summed E-state index contributed by atoms with van der Waals surface area (Å²) < 4.78 is 10.8. The number of methoxy groups -OCH3 is 1. The molecular weight excluding hydrogens is 294 g/mol. The molecule has 1 saturated heterocycles. The predicted octanol–water partition coefficient (Wildman–Crippen LogP) is 4.82. The van der Waals surface area contributed by atoms with Gasteiger partial charge in [-0.05, 0) is 41.8 Å². The highest BCUT2D eigenvalue weighted by atomic mass is 32.2. The molecule has 0 bridgehead atoms. The monoisotopic (exact) mass is 311 g/mol. The molecule has 0 unspecified atom stereocenters. The van der Waals surface area contributed by atoms with Gasteiger partial charge in [-0.2, -0.15) is 0 Å². The van der Waals surface area contributed by atoms with E-state index in [9.17, 15) is 0 Å². The van der Waals surface area contributed by atoms with Crippen molar-refractivity contribution in [3.05, 3.63) is 65.6 Å². The first-order valence-electron chi connectivity index (χ1n) is 7.12. The topological polar surface area (TPSA) is 30.8 Å². The van der Waals surface area contributed by atoms with E-state index < -0.39 is 0 Å². The minimum Gasteiger partial charge on any atom is -0.497 e. The lowest BCUT2D eigenvalue weighted by molar-refractivity contribution is 0.344. The van der Waals surface area contributed by atoms with Crippen LogP contribution in [-0.2, 0) is 4.74 Å². The summed E-state index contributed by atoms with van der Waals surface area (Å²) in [6.07, 6.45) is 0.898. The van der Waals surface area contributed by atoms with Gasteiger partial charge in [0.25, 0.3) is 0 Å². The third kappa shape index (κ3) is 3.71. The van der Waals surface area contributed by atoms with Crippen LogP contribution in [0, 0.1) is 0 Å². The fourth-order valence-electron chi connectivity index (χ4n) is 2.08. The van der Waals surface area contributed by atoms with E-state index in [0.717, 1.165) is 29.3 Å². The lowest BCUT2D eigenvalue weighted by Crippen LogP contribution is -1.95. The zero-order valence-corrected chi connectivity index (χ0v) is 13.2. The van der Waals surface area contributed by atoms with Gasteiger partial charge in [0.2, 0.25) is 5.90 Å². The maximum absolute atomic E-state index is 5.64. The summed E-state index contributed by atoms with van der Waals surface area (Å²) in [5, 5.41) is 2.12. The second kappa shape index (κ2) is 7.18. The summed E-state index contributed by atoms with van der Waals surface area (Å²) in [4.78, 5) is 5.74. The van der Waals surface area contributed by atoms with E-state index in [1.54, 1.807) is 18.9 Å². The van der Waals surface area contributed by atoms with Crippen LogP contribution in [0.3, 0.4) is 0 Å². The zero-order valence-electron chi connectivity index (χ0n) is 12.4. The van der Waals surface area contributed by atoms with Crippen LogP contribution in [-0.4, -0.2) is 19.6 Å². The lowest BCUT2D eigenvalue weighted by atomic mass is 10.2. The van der Waals surface area contributed by atoms with Crippen LogP contribution < -0.4 is 4.74 Å². The Balaban J connectivity index is 1.73. The van der Waals surface area contributed by atoms with Crippen LogP contribution in [0.15, 0.2) is 75.5 Å². The van der Waals surface area contributed by atoms with Crippen molar-refractivity contribution in [1.82, 2.24) is 0 Å². The van der Waals surface area contributed by atoms with Gasteiger partial charge < -0.3 is 9.47 Å². The van der Waals surface area contributed by atoms with Gasteiger partial charge in [-0.3, -0.25) is 0 Å².